The largest absolute Gasteiger partial charge is 0.410 e. The minimum absolute atomic E-state index is 0.102. The Morgan fingerprint density at radius 2 is 2.00 bits per heavy atom. The number of hydrogen-bond donors (Lipinski definition) is 1. The second kappa shape index (κ2) is 6.85. The van der Waals surface area contributed by atoms with Gasteiger partial charge < -0.3 is 5.21 Å². The van der Waals surface area contributed by atoms with Crippen LogP contribution in [0.2, 0.25) is 0 Å². The van der Waals surface area contributed by atoms with Crippen LogP contribution >= 0.6 is 27.5 Å². The lowest BCUT2D eigenvalue weighted by Crippen LogP contribution is -1.91. The van der Waals surface area contributed by atoms with Crippen molar-refractivity contribution in [3.8, 4) is 0 Å². The van der Waals surface area contributed by atoms with Crippen molar-refractivity contribution >= 4 is 32.7 Å². The molecule has 2 nitrogen and oxygen atoms in total. The summed E-state index contributed by atoms with van der Waals surface area (Å²) in [5.41, 5.74) is 1.76. The number of hydrogen-bond acceptors (Lipinski definition) is 2. The fourth-order valence-electron chi connectivity index (χ4n) is 0.831. The summed E-state index contributed by atoms with van der Waals surface area (Å²) in [7, 11) is 0. The molecule has 0 aliphatic heterocycles. The van der Waals surface area contributed by atoms with E-state index >= 15 is 0 Å². The molecule has 0 aliphatic carbocycles. The Balaban J connectivity index is 0.000000791. The molecule has 1 N–H and O–H groups in total. The third-order valence-corrected chi connectivity index (χ3v) is 2.67. The zero-order valence-corrected chi connectivity index (χ0v) is 10.7. The Labute approximate surface area is 97.7 Å². The van der Waals surface area contributed by atoms with E-state index in [2.05, 4.69) is 21.1 Å². The molecule has 0 spiro atoms. The van der Waals surface area contributed by atoms with E-state index in [0.29, 0.717) is 5.56 Å². The average Bonchev–Trinajstić information content (AvgIpc) is 2.24. The fourth-order valence-corrected chi connectivity index (χ4v) is 1.19. The van der Waals surface area contributed by atoms with Crippen molar-refractivity contribution in [1.29, 1.82) is 0 Å². The molecule has 0 bridgehead atoms. The smallest absolute Gasteiger partial charge is 0.175 e. The van der Waals surface area contributed by atoms with Crippen molar-refractivity contribution in [2.24, 2.45) is 5.16 Å². The Kier molecular flexibility index (Phi) is 6.58. The number of nitrogens with zero attached hydrogens (tertiary/aromatic N) is 1. The van der Waals surface area contributed by atoms with E-state index in [-0.39, 0.29) is 5.17 Å². The zero-order valence-electron chi connectivity index (χ0n) is 8.38. The molecule has 0 radical (unpaired) electrons. The summed E-state index contributed by atoms with van der Waals surface area (Å²) >= 11 is 8.95. The summed E-state index contributed by atoms with van der Waals surface area (Å²) in [5, 5.41) is 11.4. The molecular weight excluding hydrogens is 265 g/mol. The van der Waals surface area contributed by atoms with Crippen molar-refractivity contribution in [3.05, 3.63) is 33.8 Å². The first-order valence-corrected chi connectivity index (χ1v) is 5.46. The molecule has 1 rings (SSSR count). The van der Waals surface area contributed by atoms with E-state index in [0.717, 1.165) is 10.0 Å². The van der Waals surface area contributed by atoms with Crippen LogP contribution in [0.5, 0.6) is 0 Å². The molecular formula is C10H13BrClNO. The predicted octanol–water partition coefficient (Wildman–Crippen LogP) is 4.16. The number of rotatable bonds is 1. The molecule has 0 heterocycles. The summed E-state index contributed by atoms with van der Waals surface area (Å²) < 4.78 is 1.01. The van der Waals surface area contributed by atoms with Crippen LogP contribution in [-0.4, -0.2) is 10.4 Å². The molecule has 0 saturated heterocycles. The molecule has 0 fully saturated rings. The molecule has 0 atom stereocenters. The van der Waals surface area contributed by atoms with Gasteiger partial charge in [-0.25, -0.2) is 0 Å². The van der Waals surface area contributed by atoms with Gasteiger partial charge in [0.25, 0.3) is 0 Å². The van der Waals surface area contributed by atoms with E-state index in [1.165, 1.54) is 0 Å². The molecule has 4 heteroatoms. The van der Waals surface area contributed by atoms with Crippen LogP contribution in [0.4, 0.5) is 0 Å². The van der Waals surface area contributed by atoms with Crippen LogP contribution in [0.15, 0.2) is 27.8 Å². The summed E-state index contributed by atoms with van der Waals surface area (Å²) in [4.78, 5) is 0. The van der Waals surface area contributed by atoms with Crippen LogP contribution in [-0.2, 0) is 0 Å². The first-order chi connectivity index (χ1) is 6.65. The standard InChI is InChI=1S/C8H7BrClNO.C2H6/c1-5-4-6(8(10)11-12)2-3-7(5)9;1-2/h2-4,12H,1H3;1-2H3/b11-8-;. The Bertz CT molecular complexity index is 326. The number of benzene rings is 1. The summed E-state index contributed by atoms with van der Waals surface area (Å²) in [6, 6.07) is 5.48. The number of halogens is 2. The van der Waals surface area contributed by atoms with E-state index in [4.69, 9.17) is 16.8 Å². The third kappa shape index (κ3) is 3.68. The van der Waals surface area contributed by atoms with Crippen molar-refractivity contribution < 1.29 is 5.21 Å². The Morgan fingerprint density at radius 3 is 2.43 bits per heavy atom. The highest BCUT2D eigenvalue weighted by Gasteiger charge is 2.01. The second-order valence-electron chi connectivity index (χ2n) is 2.35. The second-order valence-corrected chi connectivity index (χ2v) is 3.57. The summed E-state index contributed by atoms with van der Waals surface area (Å²) in [6.45, 7) is 5.94. The molecule has 78 valence electrons. The van der Waals surface area contributed by atoms with Crippen LogP contribution in [0.1, 0.15) is 25.0 Å². The molecule has 0 aliphatic rings. The highest BCUT2D eigenvalue weighted by atomic mass is 79.9. The number of oxime groups is 1. The maximum Gasteiger partial charge on any atom is 0.175 e. The maximum absolute atomic E-state index is 8.39. The van der Waals surface area contributed by atoms with Gasteiger partial charge in [-0.05, 0) is 24.6 Å². The van der Waals surface area contributed by atoms with Gasteiger partial charge >= 0.3 is 0 Å². The molecule has 0 unspecified atom stereocenters. The third-order valence-electron chi connectivity index (χ3n) is 1.48. The fraction of sp³-hybridized carbons (Fsp3) is 0.300. The minimum Gasteiger partial charge on any atom is -0.410 e. The van der Waals surface area contributed by atoms with Crippen LogP contribution in [0.3, 0.4) is 0 Å². The molecule has 1 aromatic rings. The highest BCUT2D eigenvalue weighted by molar-refractivity contribution is 9.10. The topological polar surface area (TPSA) is 32.6 Å². The maximum atomic E-state index is 8.39. The van der Waals surface area contributed by atoms with E-state index in [1.807, 2.05) is 32.9 Å². The van der Waals surface area contributed by atoms with E-state index in [1.54, 1.807) is 6.07 Å². The van der Waals surface area contributed by atoms with Gasteiger partial charge in [-0.1, -0.05) is 52.6 Å². The quantitative estimate of drug-likeness (QED) is 0.467. The lowest BCUT2D eigenvalue weighted by atomic mass is 10.1. The first kappa shape index (κ1) is 13.5. The van der Waals surface area contributed by atoms with Crippen LogP contribution in [0, 0.1) is 6.92 Å². The monoisotopic (exact) mass is 277 g/mol. The Morgan fingerprint density at radius 1 is 1.43 bits per heavy atom. The van der Waals surface area contributed by atoms with E-state index < -0.39 is 0 Å². The SMILES string of the molecule is CC.Cc1cc(/C(Cl)=N/O)ccc1Br. The lowest BCUT2D eigenvalue weighted by Gasteiger charge is -2.00. The molecule has 0 amide bonds. The normalized spacial score (nSPS) is 10.5. The van der Waals surface area contributed by atoms with Gasteiger partial charge in [0.05, 0.1) is 0 Å². The predicted molar refractivity (Wildman–Crippen MR) is 64.4 cm³/mol. The van der Waals surface area contributed by atoms with Crippen LogP contribution < -0.4 is 0 Å². The van der Waals surface area contributed by atoms with Gasteiger partial charge in [-0.3, -0.25) is 0 Å². The molecule has 0 saturated carbocycles. The van der Waals surface area contributed by atoms with Gasteiger partial charge in [-0.2, -0.15) is 0 Å². The summed E-state index contributed by atoms with van der Waals surface area (Å²) in [6.07, 6.45) is 0. The average molecular weight is 279 g/mol. The summed E-state index contributed by atoms with van der Waals surface area (Å²) in [5.74, 6) is 0. The van der Waals surface area contributed by atoms with E-state index in [9.17, 15) is 0 Å². The van der Waals surface area contributed by atoms with Gasteiger partial charge in [0, 0.05) is 10.0 Å². The number of aryl methyl sites for hydroxylation is 1. The van der Waals surface area contributed by atoms with Gasteiger partial charge in [0.15, 0.2) is 5.17 Å². The highest BCUT2D eigenvalue weighted by Crippen LogP contribution is 2.18. The zero-order chi connectivity index (χ0) is 11.1. The molecule has 0 aromatic heterocycles. The lowest BCUT2D eigenvalue weighted by molar-refractivity contribution is 0.321. The van der Waals surface area contributed by atoms with Crippen molar-refractivity contribution in [1.82, 2.24) is 0 Å². The van der Waals surface area contributed by atoms with Gasteiger partial charge in [0.1, 0.15) is 0 Å². The molecule has 1 aromatic carbocycles. The van der Waals surface area contributed by atoms with Crippen molar-refractivity contribution in [2.75, 3.05) is 0 Å². The Hall–Kier alpha value is -0.540. The van der Waals surface area contributed by atoms with Crippen molar-refractivity contribution in [3.63, 3.8) is 0 Å². The first-order valence-electron chi connectivity index (χ1n) is 4.29. The minimum atomic E-state index is 0.102. The van der Waals surface area contributed by atoms with Gasteiger partial charge in [0.2, 0.25) is 0 Å². The van der Waals surface area contributed by atoms with Gasteiger partial charge in [-0.15, -0.1) is 0 Å². The molecule has 14 heavy (non-hydrogen) atoms. The van der Waals surface area contributed by atoms with Crippen molar-refractivity contribution in [2.45, 2.75) is 20.8 Å². The van der Waals surface area contributed by atoms with Crippen LogP contribution in [0.25, 0.3) is 0 Å².